The van der Waals surface area contributed by atoms with Crippen LogP contribution in [0.4, 0.5) is 0 Å². The van der Waals surface area contributed by atoms with Gasteiger partial charge < -0.3 is 0 Å². The molecule has 1 aliphatic rings. The van der Waals surface area contributed by atoms with Gasteiger partial charge in [0.05, 0.1) is 5.54 Å². The normalized spacial score (nSPS) is 16.6. The first-order valence-electron chi connectivity index (χ1n) is 8.67. The Morgan fingerprint density at radius 2 is 1.88 bits per heavy atom. The summed E-state index contributed by atoms with van der Waals surface area (Å²) < 4.78 is 1.97. The fourth-order valence-electron chi connectivity index (χ4n) is 3.50. The zero-order valence-electron chi connectivity index (χ0n) is 14.9. The Kier molecular flexibility index (Phi) is 4.17. The maximum atomic E-state index is 4.44. The van der Waals surface area contributed by atoms with Crippen molar-refractivity contribution in [3.05, 3.63) is 63.6 Å². The third-order valence-electron chi connectivity index (χ3n) is 4.71. The highest BCUT2D eigenvalue weighted by molar-refractivity contribution is 7.10. The number of fused-ring (bicyclic) bond motifs is 1. The van der Waals surface area contributed by atoms with Crippen LogP contribution in [0.3, 0.4) is 0 Å². The van der Waals surface area contributed by atoms with E-state index < -0.39 is 0 Å². The topological polar surface area (TPSA) is 46.8 Å². The number of hydrogen-bond acceptors (Lipinski definition) is 5. The van der Waals surface area contributed by atoms with Crippen molar-refractivity contribution >= 4 is 11.3 Å². The molecule has 0 saturated carbocycles. The summed E-state index contributed by atoms with van der Waals surface area (Å²) in [6.07, 6.45) is 1.06. The summed E-state index contributed by atoms with van der Waals surface area (Å²) in [4.78, 5) is 3.79. The van der Waals surface area contributed by atoms with Crippen LogP contribution in [0.15, 0.2) is 41.8 Å². The number of nitrogens with zero attached hydrogens (tertiary/aromatic N) is 5. The summed E-state index contributed by atoms with van der Waals surface area (Å²) in [5.41, 5.74) is 2.71. The van der Waals surface area contributed by atoms with Crippen LogP contribution in [-0.2, 0) is 18.5 Å². The Balaban J connectivity index is 1.76. The summed E-state index contributed by atoms with van der Waals surface area (Å²) in [5.74, 6) is 0.925. The minimum absolute atomic E-state index is 0.0857. The average molecular weight is 353 g/mol. The number of benzene rings is 1. The molecule has 6 heteroatoms. The van der Waals surface area contributed by atoms with Crippen LogP contribution >= 0.6 is 11.3 Å². The smallest absolute Gasteiger partial charge is 0.174 e. The Bertz CT molecular complexity index is 847. The fraction of sp³-hybridized carbons (Fsp3) is 0.421. The number of hydrogen-bond donors (Lipinski definition) is 0. The van der Waals surface area contributed by atoms with Crippen molar-refractivity contribution in [1.29, 1.82) is 0 Å². The fourth-order valence-corrected chi connectivity index (χ4v) is 4.35. The molecule has 0 fully saturated rings. The lowest BCUT2D eigenvalue weighted by Crippen LogP contribution is -2.37. The summed E-state index contributed by atoms with van der Waals surface area (Å²) in [7, 11) is 0. The lowest BCUT2D eigenvalue weighted by molar-refractivity contribution is 0.188. The highest BCUT2D eigenvalue weighted by Crippen LogP contribution is 2.35. The van der Waals surface area contributed by atoms with Crippen molar-refractivity contribution in [1.82, 2.24) is 25.1 Å². The van der Waals surface area contributed by atoms with Gasteiger partial charge in [-0.2, -0.15) is 0 Å². The van der Waals surface area contributed by atoms with Crippen LogP contribution in [0.5, 0.6) is 0 Å². The van der Waals surface area contributed by atoms with Gasteiger partial charge in [0, 0.05) is 18.0 Å². The predicted octanol–water partition coefficient (Wildman–Crippen LogP) is 3.64. The Hall–Kier alpha value is -2.05. The minimum Gasteiger partial charge on any atom is -0.284 e. The van der Waals surface area contributed by atoms with E-state index in [0.29, 0.717) is 0 Å². The third-order valence-corrected chi connectivity index (χ3v) is 5.64. The maximum Gasteiger partial charge on any atom is 0.174 e. The van der Waals surface area contributed by atoms with Gasteiger partial charge in [-0.25, -0.2) is 4.68 Å². The van der Waals surface area contributed by atoms with E-state index in [-0.39, 0.29) is 11.6 Å². The zero-order chi connectivity index (χ0) is 17.4. The molecule has 1 aliphatic heterocycles. The van der Waals surface area contributed by atoms with Gasteiger partial charge in [0.2, 0.25) is 0 Å². The average Bonchev–Trinajstić information content (AvgIpc) is 3.27. The molecule has 0 saturated heterocycles. The van der Waals surface area contributed by atoms with Gasteiger partial charge in [-0.15, -0.1) is 16.4 Å². The molecule has 0 spiro atoms. The zero-order valence-corrected chi connectivity index (χ0v) is 15.7. The molecule has 0 aliphatic carbocycles. The minimum atomic E-state index is -0.151. The van der Waals surface area contributed by atoms with Gasteiger partial charge in [0.1, 0.15) is 6.04 Å². The summed E-state index contributed by atoms with van der Waals surface area (Å²) >= 11 is 1.77. The van der Waals surface area contributed by atoms with E-state index in [1.807, 2.05) is 4.68 Å². The molecule has 25 heavy (non-hydrogen) atoms. The van der Waals surface area contributed by atoms with Crippen molar-refractivity contribution in [2.45, 2.75) is 45.3 Å². The van der Waals surface area contributed by atoms with Crippen LogP contribution in [-0.4, -0.2) is 31.7 Å². The van der Waals surface area contributed by atoms with E-state index >= 15 is 0 Å². The first-order valence-corrected chi connectivity index (χ1v) is 9.55. The number of rotatable bonds is 3. The van der Waals surface area contributed by atoms with Crippen molar-refractivity contribution < 1.29 is 0 Å². The largest absolute Gasteiger partial charge is 0.284 e. The molecule has 0 radical (unpaired) electrons. The van der Waals surface area contributed by atoms with Crippen LogP contribution in [0.25, 0.3) is 0 Å². The molecule has 4 rings (SSSR count). The second-order valence-electron chi connectivity index (χ2n) is 7.53. The second kappa shape index (κ2) is 6.35. The first-order chi connectivity index (χ1) is 12.0. The molecule has 0 amide bonds. The molecule has 3 heterocycles. The van der Waals surface area contributed by atoms with Crippen LogP contribution in [0.2, 0.25) is 0 Å². The third kappa shape index (κ3) is 3.12. The van der Waals surface area contributed by atoms with Gasteiger partial charge in [-0.1, -0.05) is 30.3 Å². The van der Waals surface area contributed by atoms with E-state index in [4.69, 9.17) is 0 Å². The summed E-state index contributed by atoms with van der Waals surface area (Å²) in [5, 5.41) is 14.9. The predicted molar refractivity (Wildman–Crippen MR) is 99.5 cm³/mol. The molecule has 2 aromatic heterocycles. The van der Waals surface area contributed by atoms with Gasteiger partial charge in [-0.05, 0) is 60.2 Å². The number of aromatic nitrogens is 4. The first kappa shape index (κ1) is 16.4. The molecule has 3 aromatic rings. The number of thiophene rings is 1. The highest BCUT2D eigenvalue weighted by Gasteiger charge is 2.33. The summed E-state index contributed by atoms with van der Waals surface area (Å²) in [6.45, 7) is 8.36. The second-order valence-corrected chi connectivity index (χ2v) is 8.51. The van der Waals surface area contributed by atoms with E-state index in [0.717, 1.165) is 25.3 Å². The molecule has 1 aromatic carbocycles. The molecule has 0 bridgehead atoms. The van der Waals surface area contributed by atoms with E-state index in [2.05, 4.69) is 83.0 Å². The SMILES string of the molecule is CC(C)(C)n1nnnc1C(c1cccs1)N1CCc2ccccc2C1. The van der Waals surface area contributed by atoms with E-state index in [1.54, 1.807) is 11.3 Å². The Labute approximate surface area is 152 Å². The molecule has 0 N–H and O–H groups in total. The van der Waals surface area contributed by atoms with Gasteiger partial charge in [0.15, 0.2) is 5.82 Å². The molecule has 1 atom stereocenters. The van der Waals surface area contributed by atoms with Crippen molar-refractivity contribution in [2.24, 2.45) is 0 Å². The molecule has 1 unspecified atom stereocenters. The molecular formula is C19H23N5S. The van der Waals surface area contributed by atoms with Crippen LogP contribution < -0.4 is 0 Å². The Morgan fingerprint density at radius 3 is 2.60 bits per heavy atom. The lowest BCUT2D eigenvalue weighted by Gasteiger charge is -2.35. The molecular weight excluding hydrogens is 330 g/mol. The molecule has 5 nitrogen and oxygen atoms in total. The van der Waals surface area contributed by atoms with Crippen molar-refractivity contribution in [3.8, 4) is 0 Å². The summed E-state index contributed by atoms with van der Waals surface area (Å²) in [6, 6.07) is 13.1. The van der Waals surface area contributed by atoms with E-state index in [1.165, 1.54) is 16.0 Å². The van der Waals surface area contributed by atoms with Gasteiger partial charge >= 0.3 is 0 Å². The van der Waals surface area contributed by atoms with Gasteiger partial charge in [0.25, 0.3) is 0 Å². The van der Waals surface area contributed by atoms with Crippen molar-refractivity contribution in [2.75, 3.05) is 6.54 Å². The highest BCUT2D eigenvalue weighted by atomic mass is 32.1. The molecule has 130 valence electrons. The van der Waals surface area contributed by atoms with Crippen LogP contribution in [0, 0.1) is 0 Å². The van der Waals surface area contributed by atoms with Crippen LogP contribution in [0.1, 0.15) is 48.6 Å². The van der Waals surface area contributed by atoms with Crippen molar-refractivity contribution in [3.63, 3.8) is 0 Å². The quantitative estimate of drug-likeness (QED) is 0.721. The lowest BCUT2D eigenvalue weighted by atomic mass is 9.98. The van der Waals surface area contributed by atoms with E-state index in [9.17, 15) is 0 Å². The number of tetrazole rings is 1. The monoisotopic (exact) mass is 353 g/mol. The standard InChI is InChI=1S/C19H23N5S/c1-19(2,3)24-18(20-21-22-24)17(16-9-6-12-25-16)23-11-10-14-7-4-5-8-15(14)13-23/h4-9,12,17H,10-11,13H2,1-3H3. The van der Waals surface area contributed by atoms with Gasteiger partial charge in [-0.3, -0.25) is 4.90 Å². The Morgan fingerprint density at radius 1 is 1.08 bits per heavy atom. The maximum absolute atomic E-state index is 4.44.